The number of rotatable bonds is 1. The summed E-state index contributed by atoms with van der Waals surface area (Å²) in [7, 11) is 1.93. The predicted octanol–water partition coefficient (Wildman–Crippen LogP) is 0.737. The number of hydrogen-bond donors (Lipinski definition) is 3. The number of hydrogen-bond acceptors (Lipinski definition) is 5. The van der Waals surface area contributed by atoms with Gasteiger partial charge >= 0.3 is 0 Å². The van der Waals surface area contributed by atoms with Crippen LogP contribution in [-0.4, -0.2) is 19.6 Å². The van der Waals surface area contributed by atoms with Crippen molar-refractivity contribution in [3.05, 3.63) is 21.3 Å². The molecule has 0 aromatic rings. The molecule has 0 spiro atoms. The lowest BCUT2D eigenvalue weighted by Gasteiger charge is -2.23. The molecule has 0 aromatic heterocycles. The molecule has 0 saturated heterocycles. The highest BCUT2D eigenvalue weighted by Crippen LogP contribution is 2.34. The van der Waals surface area contributed by atoms with E-state index in [1.165, 1.54) is 0 Å². The SMILES string of the molecule is BC1=C2N=S=NC2=C(Br)C(=N)C1NS. The molecule has 0 aromatic carbocycles. The summed E-state index contributed by atoms with van der Waals surface area (Å²) in [5.41, 5.74) is 3.04. The Morgan fingerprint density at radius 1 is 1.50 bits per heavy atom. The average Bonchev–Trinajstić information content (AvgIpc) is 2.64. The molecule has 0 radical (unpaired) electrons. The van der Waals surface area contributed by atoms with Crippen LogP contribution in [0.15, 0.2) is 30.1 Å². The van der Waals surface area contributed by atoms with E-state index in [1.807, 2.05) is 7.85 Å². The van der Waals surface area contributed by atoms with Gasteiger partial charge < -0.3 is 5.41 Å². The third kappa shape index (κ3) is 1.37. The van der Waals surface area contributed by atoms with Gasteiger partial charge in [-0.3, -0.25) is 4.72 Å². The van der Waals surface area contributed by atoms with Gasteiger partial charge in [0.05, 0.1) is 33.3 Å². The van der Waals surface area contributed by atoms with Gasteiger partial charge in [0.1, 0.15) is 13.5 Å². The Labute approximate surface area is 99.7 Å². The molecule has 0 bridgehead atoms. The Hall–Kier alpha value is -0.175. The smallest absolute Gasteiger partial charge is 0.139 e. The Morgan fingerprint density at radius 3 is 2.79 bits per heavy atom. The van der Waals surface area contributed by atoms with E-state index in [-0.39, 0.29) is 6.04 Å². The van der Waals surface area contributed by atoms with E-state index >= 15 is 0 Å². The van der Waals surface area contributed by atoms with Crippen molar-refractivity contribution >= 4 is 53.7 Å². The fourth-order valence-electron chi connectivity index (χ4n) is 1.36. The van der Waals surface area contributed by atoms with E-state index < -0.39 is 0 Å². The van der Waals surface area contributed by atoms with Crippen LogP contribution < -0.4 is 4.72 Å². The lowest BCUT2D eigenvalue weighted by Crippen LogP contribution is -2.36. The fourth-order valence-corrected chi connectivity index (χ4v) is 2.92. The standard InChI is InChI=1S/C6H6BBrN4S2/c7-1-4(10-13)3(9)2(8)6-5(1)11-14-12-6/h4,9-10,13H,7H2. The van der Waals surface area contributed by atoms with E-state index in [0.29, 0.717) is 10.2 Å². The average molecular weight is 289 g/mol. The molecule has 14 heavy (non-hydrogen) atoms. The highest BCUT2D eigenvalue weighted by Gasteiger charge is 2.31. The molecule has 0 saturated carbocycles. The van der Waals surface area contributed by atoms with Crippen molar-refractivity contribution < 1.29 is 0 Å². The van der Waals surface area contributed by atoms with Crippen molar-refractivity contribution in [1.82, 2.24) is 4.72 Å². The summed E-state index contributed by atoms with van der Waals surface area (Å²) in [6.07, 6.45) is 0. The first kappa shape index (κ1) is 10.3. The molecule has 2 rings (SSSR count). The van der Waals surface area contributed by atoms with Gasteiger partial charge in [-0.05, 0) is 15.9 Å². The molecule has 1 heterocycles. The van der Waals surface area contributed by atoms with Gasteiger partial charge in [0.15, 0.2) is 0 Å². The number of halogens is 1. The maximum absolute atomic E-state index is 7.87. The van der Waals surface area contributed by atoms with Crippen LogP contribution in [0.1, 0.15) is 0 Å². The molecular formula is C6H6BBrN4S2. The highest BCUT2D eigenvalue weighted by atomic mass is 79.9. The second kappa shape index (κ2) is 3.76. The third-order valence-corrected chi connectivity index (χ3v) is 3.75. The minimum Gasteiger partial charge on any atom is -0.302 e. The van der Waals surface area contributed by atoms with E-state index in [9.17, 15) is 0 Å². The van der Waals surface area contributed by atoms with Gasteiger partial charge in [0.2, 0.25) is 0 Å². The summed E-state index contributed by atoms with van der Waals surface area (Å²) < 4.78 is 11.8. The lowest BCUT2D eigenvalue weighted by molar-refractivity contribution is 0.939. The normalized spacial score (nSPS) is 25.6. The maximum atomic E-state index is 7.87. The second-order valence-electron chi connectivity index (χ2n) is 2.93. The Balaban J connectivity index is 2.60. The van der Waals surface area contributed by atoms with Crippen LogP contribution in [0.25, 0.3) is 0 Å². The monoisotopic (exact) mass is 288 g/mol. The summed E-state index contributed by atoms with van der Waals surface area (Å²) >= 11 is 8.51. The van der Waals surface area contributed by atoms with Crippen LogP contribution in [-0.2, 0) is 11.4 Å². The van der Waals surface area contributed by atoms with Crippen LogP contribution in [0, 0.1) is 5.41 Å². The molecule has 0 fully saturated rings. The van der Waals surface area contributed by atoms with E-state index in [0.717, 1.165) is 28.2 Å². The molecule has 1 aliphatic carbocycles. The van der Waals surface area contributed by atoms with Crippen molar-refractivity contribution in [3.63, 3.8) is 0 Å². The van der Waals surface area contributed by atoms with Crippen molar-refractivity contribution in [3.8, 4) is 0 Å². The fraction of sp³-hybridized carbons (Fsp3) is 0.167. The Morgan fingerprint density at radius 2 is 2.14 bits per heavy atom. The van der Waals surface area contributed by atoms with Gasteiger partial charge in [-0.1, -0.05) is 18.3 Å². The molecule has 8 heteroatoms. The van der Waals surface area contributed by atoms with Gasteiger partial charge in [0, 0.05) is 0 Å². The van der Waals surface area contributed by atoms with Gasteiger partial charge in [-0.2, -0.15) is 8.73 Å². The van der Waals surface area contributed by atoms with Crippen LogP contribution in [0.2, 0.25) is 0 Å². The van der Waals surface area contributed by atoms with E-state index in [1.54, 1.807) is 0 Å². The zero-order valence-electron chi connectivity index (χ0n) is 7.21. The molecule has 4 nitrogen and oxygen atoms in total. The number of thiol groups is 1. The Kier molecular flexibility index (Phi) is 2.78. The van der Waals surface area contributed by atoms with Crippen LogP contribution in [0.3, 0.4) is 0 Å². The van der Waals surface area contributed by atoms with Crippen molar-refractivity contribution in [2.24, 2.45) is 8.73 Å². The van der Waals surface area contributed by atoms with E-state index in [2.05, 4.69) is 42.2 Å². The van der Waals surface area contributed by atoms with Gasteiger partial charge in [-0.25, -0.2) is 0 Å². The van der Waals surface area contributed by atoms with Crippen LogP contribution in [0.4, 0.5) is 0 Å². The molecule has 1 unspecified atom stereocenters. The first-order chi connectivity index (χ1) is 6.66. The summed E-state index contributed by atoms with van der Waals surface area (Å²) in [4.78, 5) is 0. The predicted molar refractivity (Wildman–Crippen MR) is 67.4 cm³/mol. The number of nitrogens with zero attached hydrogens (tertiary/aromatic N) is 2. The minimum atomic E-state index is -0.191. The second-order valence-corrected chi connectivity index (χ2v) is 4.51. The Bertz CT molecular complexity index is 449. The molecule has 0 amide bonds. The molecule has 1 atom stereocenters. The zero-order valence-corrected chi connectivity index (χ0v) is 10.5. The van der Waals surface area contributed by atoms with Crippen LogP contribution >= 0.6 is 28.7 Å². The van der Waals surface area contributed by atoms with Crippen molar-refractivity contribution in [2.45, 2.75) is 6.04 Å². The van der Waals surface area contributed by atoms with E-state index in [4.69, 9.17) is 5.41 Å². The first-order valence-corrected chi connectivity index (χ1v) is 5.81. The number of fused-ring (bicyclic) bond motifs is 1. The topological polar surface area (TPSA) is 60.6 Å². The maximum Gasteiger partial charge on any atom is 0.139 e. The molecule has 2 aliphatic rings. The molecule has 2 N–H and O–H groups in total. The minimum absolute atomic E-state index is 0.191. The largest absolute Gasteiger partial charge is 0.302 e. The highest BCUT2D eigenvalue weighted by molar-refractivity contribution is 9.12. The zero-order chi connectivity index (χ0) is 10.3. The summed E-state index contributed by atoms with van der Waals surface area (Å²) in [6, 6.07) is -0.191. The van der Waals surface area contributed by atoms with Crippen LogP contribution in [0.5, 0.6) is 0 Å². The quantitative estimate of drug-likeness (QED) is 0.484. The van der Waals surface area contributed by atoms with Gasteiger partial charge in [0.25, 0.3) is 0 Å². The van der Waals surface area contributed by atoms with Crippen molar-refractivity contribution in [2.75, 3.05) is 0 Å². The number of nitrogens with one attached hydrogen (secondary N) is 2. The molecule has 1 aliphatic heterocycles. The molecular weight excluding hydrogens is 283 g/mol. The first-order valence-electron chi connectivity index (χ1n) is 3.84. The third-order valence-electron chi connectivity index (χ3n) is 2.16. The summed E-state index contributed by atoms with van der Waals surface area (Å²) in [5, 5.41) is 7.87. The lowest BCUT2D eigenvalue weighted by atomic mass is 9.80. The summed E-state index contributed by atoms with van der Waals surface area (Å²) in [5.74, 6) is 0. The molecule has 72 valence electrons. The van der Waals surface area contributed by atoms with Gasteiger partial charge in [-0.15, -0.1) is 0 Å². The van der Waals surface area contributed by atoms with Crippen molar-refractivity contribution in [1.29, 1.82) is 5.41 Å². The summed E-state index contributed by atoms with van der Waals surface area (Å²) in [6.45, 7) is 0.